The van der Waals surface area contributed by atoms with Gasteiger partial charge >= 0.3 is 167 Å². The minimum absolute atomic E-state index is 0.440. The molecule has 0 unspecified atom stereocenters. The van der Waals surface area contributed by atoms with Crippen LogP contribution in [0.3, 0.4) is 0 Å². The molecule has 0 aliphatic carbocycles. The van der Waals surface area contributed by atoms with Crippen molar-refractivity contribution in [3.05, 3.63) is 24.2 Å². The molecule has 0 bridgehead atoms. The first-order valence-electron chi connectivity index (χ1n) is 6.52. The Kier molecular flexibility index (Phi) is 8.84. The molecule has 0 atom stereocenters. The van der Waals surface area contributed by atoms with Crippen molar-refractivity contribution in [2.75, 3.05) is 0 Å². The quantitative estimate of drug-likeness (QED) is 0.352. The van der Waals surface area contributed by atoms with Crippen molar-refractivity contribution < 1.29 is 0 Å². The van der Waals surface area contributed by atoms with Crippen LogP contribution in [0.5, 0.6) is 0 Å². The summed E-state index contributed by atoms with van der Waals surface area (Å²) in [6.45, 7) is 4.58. The van der Waals surface area contributed by atoms with Gasteiger partial charge in [-0.2, -0.15) is 0 Å². The zero-order valence-corrected chi connectivity index (χ0v) is 20.7. The molecule has 0 fully saturated rings. The van der Waals surface area contributed by atoms with Crippen molar-refractivity contribution in [1.82, 2.24) is 0 Å². The normalized spacial score (nSPS) is 18.2. The van der Waals surface area contributed by atoms with Crippen molar-refractivity contribution in [1.29, 1.82) is 10.5 Å². The maximum atomic E-state index is 8.75. The zero-order valence-electron chi connectivity index (χ0n) is 12.2. The topological polar surface area (TPSA) is 47.6 Å². The summed E-state index contributed by atoms with van der Waals surface area (Å²) in [7, 11) is 0. The number of nitriles is 2. The SMILES string of the molecule is CC1=C(C)[Se]C(=C2SC([Se]CCC#N)=C([Se]CCC#N)S2)[Se]1. The van der Waals surface area contributed by atoms with E-state index in [0.29, 0.717) is 72.7 Å². The van der Waals surface area contributed by atoms with Crippen LogP contribution in [-0.2, 0) is 0 Å². The molecule has 0 saturated carbocycles. The summed E-state index contributed by atoms with van der Waals surface area (Å²) in [6, 6.07) is 4.53. The predicted molar refractivity (Wildman–Crippen MR) is 101 cm³/mol. The van der Waals surface area contributed by atoms with Gasteiger partial charge in [-0.05, 0) is 0 Å². The molecule has 2 aliphatic heterocycles. The second-order valence-electron chi connectivity index (χ2n) is 4.18. The van der Waals surface area contributed by atoms with E-state index in [4.69, 9.17) is 10.5 Å². The molecular weight excluding hydrogens is 576 g/mol. The van der Waals surface area contributed by atoms with Gasteiger partial charge in [-0.25, -0.2) is 0 Å². The summed E-state index contributed by atoms with van der Waals surface area (Å²) in [5, 5.41) is 19.6. The van der Waals surface area contributed by atoms with Crippen molar-refractivity contribution in [2.45, 2.75) is 37.3 Å². The van der Waals surface area contributed by atoms with Gasteiger partial charge < -0.3 is 0 Å². The second-order valence-corrected chi connectivity index (χ2v) is 18.7. The Morgan fingerprint density at radius 2 is 1.36 bits per heavy atom. The van der Waals surface area contributed by atoms with Crippen molar-refractivity contribution in [3.63, 3.8) is 0 Å². The van der Waals surface area contributed by atoms with E-state index in [1.54, 1.807) is 24.2 Å². The maximum absolute atomic E-state index is 8.75. The molecular formula is C14H14N2S2Se4. The molecule has 0 amide bonds. The molecule has 22 heavy (non-hydrogen) atoms. The molecule has 0 aromatic rings. The molecule has 0 spiro atoms. The van der Waals surface area contributed by atoms with Crippen LogP contribution in [0.4, 0.5) is 0 Å². The Bertz CT molecular complexity index is 576. The predicted octanol–water partition coefficient (Wildman–Crippen LogP) is 3.47. The number of nitrogens with zero attached hydrogens (tertiary/aromatic N) is 2. The third-order valence-electron chi connectivity index (χ3n) is 2.59. The molecule has 0 N–H and O–H groups in total. The first-order valence-corrected chi connectivity index (χ1v) is 15.7. The van der Waals surface area contributed by atoms with E-state index >= 15 is 0 Å². The molecule has 8 heteroatoms. The van der Waals surface area contributed by atoms with Gasteiger partial charge in [0.15, 0.2) is 0 Å². The molecule has 2 nitrogen and oxygen atoms in total. The summed E-state index contributed by atoms with van der Waals surface area (Å²) < 4.78 is 9.62. The summed E-state index contributed by atoms with van der Waals surface area (Å²) in [6.07, 6.45) is 1.35. The molecule has 2 aliphatic rings. The summed E-state index contributed by atoms with van der Waals surface area (Å²) in [5.74, 6) is 0. The Morgan fingerprint density at radius 3 is 1.77 bits per heavy atom. The second kappa shape index (κ2) is 10.1. The Labute approximate surface area is 166 Å². The molecule has 116 valence electrons. The van der Waals surface area contributed by atoms with Gasteiger partial charge in [-0.1, -0.05) is 0 Å². The first kappa shape index (κ1) is 19.3. The van der Waals surface area contributed by atoms with Crippen LogP contribution >= 0.6 is 23.5 Å². The molecule has 0 aromatic heterocycles. The van der Waals surface area contributed by atoms with Crippen molar-refractivity contribution in [3.8, 4) is 12.1 Å². The summed E-state index contributed by atoms with van der Waals surface area (Å²) >= 11 is 6.03. The average Bonchev–Trinajstić information content (AvgIpc) is 3.04. The van der Waals surface area contributed by atoms with E-state index in [-0.39, 0.29) is 0 Å². The van der Waals surface area contributed by atoms with E-state index in [2.05, 4.69) is 26.0 Å². The first-order chi connectivity index (χ1) is 10.7. The van der Waals surface area contributed by atoms with Crippen LogP contribution in [-0.4, -0.2) is 59.8 Å². The van der Waals surface area contributed by atoms with Crippen LogP contribution < -0.4 is 0 Å². The number of hydrogen-bond donors (Lipinski definition) is 0. The number of rotatable bonds is 6. The van der Waals surface area contributed by atoms with Crippen LogP contribution in [0.15, 0.2) is 24.2 Å². The van der Waals surface area contributed by atoms with Gasteiger partial charge in [0.05, 0.1) is 0 Å². The van der Waals surface area contributed by atoms with Crippen LogP contribution in [0.1, 0.15) is 26.7 Å². The summed E-state index contributed by atoms with van der Waals surface area (Å²) in [5.41, 5.74) is 0. The van der Waals surface area contributed by atoms with E-state index in [0.717, 1.165) is 10.6 Å². The van der Waals surface area contributed by atoms with Crippen LogP contribution in [0, 0.1) is 22.7 Å². The number of allylic oxidation sites excluding steroid dienone is 2. The van der Waals surface area contributed by atoms with E-state index in [1.807, 2.05) is 23.5 Å². The third kappa shape index (κ3) is 5.51. The van der Waals surface area contributed by atoms with Crippen molar-refractivity contribution in [2.24, 2.45) is 0 Å². The third-order valence-corrected chi connectivity index (χ3v) is 19.8. The molecule has 0 radical (unpaired) electrons. The molecule has 0 aromatic carbocycles. The fourth-order valence-electron chi connectivity index (χ4n) is 1.44. The van der Waals surface area contributed by atoms with Gasteiger partial charge in [0.1, 0.15) is 0 Å². The van der Waals surface area contributed by atoms with Gasteiger partial charge in [0.2, 0.25) is 0 Å². The Hall–Kier alpha value is 0.978. The fourth-order valence-corrected chi connectivity index (χ4v) is 19.2. The number of hydrogen-bond acceptors (Lipinski definition) is 4. The van der Waals surface area contributed by atoms with Crippen molar-refractivity contribution >= 4 is 83.4 Å². The molecule has 2 heterocycles. The van der Waals surface area contributed by atoms with E-state index in [1.165, 1.54) is 0 Å². The summed E-state index contributed by atoms with van der Waals surface area (Å²) in [4.78, 5) is 0. The van der Waals surface area contributed by atoms with Crippen LogP contribution in [0.2, 0.25) is 10.6 Å². The van der Waals surface area contributed by atoms with Gasteiger partial charge in [0, 0.05) is 0 Å². The van der Waals surface area contributed by atoms with Crippen LogP contribution in [0.25, 0.3) is 0 Å². The fraction of sp³-hybridized carbons (Fsp3) is 0.429. The monoisotopic (exact) mass is 594 g/mol. The van der Waals surface area contributed by atoms with Gasteiger partial charge in [-0.15, -0.1) is 0 Å². The van der Waals surface area contributed by atoms with Gasteiger partial charge in [-0.3, -0.25) is 0 Å². The average molecular weight is 590 g/mol. The number of thioether (sulfide) groups is 2. The standard InChI is InChI=1S/C14H14N2S2Se4/c1-9-10(2)22-14(21-9)11-17-12(19-7-3-5-15)13(18-11)20-8-4-6-16/h3-4,7-8H2,1-2H3. The molecule has 0 saturated heterocycles. The van der Waals surface area contributed by atoms with E-state index < -0.39 is 0 Å². The van der Waals surface area contributed by atoms with Gasteiger partial charge in [0.25, 0.3) is 0 Å². The Morgan fingerprint density at radius 1 is 0.909 bits per heavy atom. The Balaban J connectivity index is 2.04. The minimum atomic E-state index is 0.440. The van der Waals surface area contributed by atoms with E-state index in [9.17, 15) is 0 Å². The molecule has 2 rings (SSSR count). The zero-order chi connectivity index (χ0) is 15.9.